The maximum absolute atomic E-state index is 6.09. The number of furan rings is 2. The molecule has 0 fully saturated rings. The predicted octanol–water partition coefficient (Wildman–Crippen LogP) is 3.69. The third-order valence-corrected chi connectivity index (χ3v) is 6.05. The van der Waals surface area contributed by atoms with E-state index < -0.39 is 0 Å². The second-order valence-electron chi connectivity index (χ2n) is 8.75. The van der Waals surface area contributed by atoms with Crippen LogP contribution >= 0.6 is 0 Å². The Labute approximate surface area is 225 Å². The minimum Gasteiger partial charge on any atom is -0.463 e. The Hall–Kier alpha value is -5.92. The van der Waals surface area contributed by atoms with Crippen LogP contribution in [0.2, 0.25) is 0 Å². The molecule has 198 valence electrons. The topological polar surface area (TPSA) is 186 Å². The first-order valence-corrected chi connectivity index (χ1v) is 12.2. The fourth-order valence-corrected chi connectivity index (χ4v) is 4.16. The summed E-state index contributed by atoms with van der Waals surface area (Å²) >= 11 is 0. The number of benzene rings is 1. The largest absolute Gasteiger partial charge is 0.463 e. The molecule has 0 spiro atoms. The molecule has 0 saturated heterocycles. The summed E-state index contributed by atoms with van der Waals surface area (Å²) in [7, 11) is 0. The summed E-state index contributed by atoms with van der Waals surface area (Å²) in [5.74, 6) is 2.59. The Morgan fingerprint density at radius 3 is 2.00 bits per heavy atom. The molecule has 0 bridgehead atoms. The highest BCUT2D eigenvalue weighted by atomic mass is 16.5. The molecule has 40 heavy (non-hydrogen) atoms. The first-order valence-electron chi connectivity index (χ1n) is 12.2. The molecule has 5 N–H and O–H groups in total. The Morgan fingerprint density at radius 1 is 0.750 bits per heavy atom. The lowest BCUT2D eigenvalue weighted by molar-refractivity contribution is 0.441. The Balaban J connectivity index is 0.996. The molecule has 7 aromatic rings. The normalized spacial score (nSPS) is 11.4. The molecular weight excluding hydrogens is 514 g/mol. The van der Waals surface area contributed by atoms with Gasteiger partial charge in [-0.25, -0.2) is 0 Å². The van der Waals surface area contributed by atoms with Crippen LogP contribution in [0.1, 0.15) is 5.56 Å². The molecule has 7 rings (SSSR count). The predicted molar refractivity (Wildman–Crippen MR) is 145 cm³/mol. The van der Waals surface area contributed by atoms with Crippen molar-refractivity contribution in [3.63, 3.8) is 0 Å². The first kappa shape index (κ1) is 23.2. The van der Waals surface area contributed by atoms with E-state index in [0.29, 0.717) is 58.9 Å². The van der Waals surface area contributed by atoms with Crippen molar-refractivity contribution in [2.45, 2.75) is 6.42 Å². The highest BCUT2D eigenvalue weighted by Crippen LogP contribution is 2.24. The molecule has 0 amide bonds. The summed E-state index contributed by atoms with van der Waals surface area (Å²) in [6.45, 7) is 0.588. The van der Waals surface area contributed by atoms with E-state index >= 15 is 0 Å². The van der Waals surface area contributed by atoms with Gasteiger partial charge in [0.2, 0.25) is 17.8 Å². The number of fused-ring (bicyclic) bond motifs is 2. The lowest BCUT2D eigenvalue weighted by Crippen LogP contribution is -2.11. The number of aromatic nitrogens is 8. The SMILES string of the molecule is Nc1nc(NCCc2ccc(Oc3nc(N)n4nc(-c5ccco5)cc4n3)cc2)nc2cc(-c3ccco3)nn12. The van der Waals surface area contributed by atoms with Crippen LogP contribution in [0.25, 0.3) is 34.2 Å². The Morgan fingerprint density at radius 2 is 1.38 bits per heavy atom. The number of rotatable bonds is 8. The second kappa shape index (κ2) is 9.43. The van der Waals surface area contributed by atoms with Crippen molar-refractivity contribution in [2.75, 3.05) is 23.3 Å². The molecule has 0 aliphatic carbocycles. The summed E-state index contributed by atoms with van der Waals surface area (Å²) in [6.07, 6.45) is 3.88. The highest BCUT2D eigenvalue weighted by molar-refractivity contribution is 5.62. The summed E-state index contributed by atoms with van der Waals surface area (Å²) in [5.41, 5.74) is 15.5. The van der Waals surface area contributed by atoms with Gasteiger partial charge in [-0.3, -0.25) is 0 Å². The molecule has 0 unspecified atom stereocenters. The van der Waals surface area contributed by atoms with Crippen LogP contribution < -0.4 is 21.5 Å². The van der Waals surface area contributed by atoms with Gasteiger partial charge in [0.05, 0.1) is 12.5 Å². The molecule has 1 aromatic carbocycles. The van der Waals surface area contributed by atoms with Gasteiger partial charge in [-0.1, -0.05) is 12.1 Å². The zero-order valence-corrected chi connectivity index (χ0v) is 20.8. The van der Waals surface area contributed by atoms with Gasteiger partial charge in [0.25, 0.3) is 0 Å². The highest BCUT2D eigenvalue weighted by Gasteiger charge is 2.14. The minimum absolute atomic E-state index is 0.116. The number of anilines is 3. The molecule has 14 nitrogen and oxygen atoms in total. The Bertz CT molecular complexity index is 1930. The molecule has 6 heterocycles. The number of nitrogens with two attached hydrogens (primary N) is 2. The maximum Gasteiger partial charge on any atom is 0.327 e. The van der Waals surface area contributed by atoms with E-state index in [1.54, 1.807) is 42.9 Å². The average Bonchev–Trinajstić information content (AvgIpc) is 3.76. The van der Waals surface area contributed by atoms with Crippen molar-refractivity contribution < 1.29 is 13.6 Å². The molecule has 6 aromatic heterocycles. The third-order valence-electron chi connectivity index (χ3n) is 6.05. The van der Waals surface area contributed by atoms with Gasteiger partial charge in [-0.2, -0.15) is 39.2 Å². The standard InChI is InChI=1S/C26H21N11O3/c27-23-32-25(30-21-13-17(34-36(21)23)19-3-1-11-38-19)29-10-9-15-5-7-16(8-6-15)40-26-31-22-14-18(20-4-2-12-39-20)35-37(22)24(28)33-26/h1-8,11-14H,9-10H2,(H2,28,31,33)(H3,27,29,30,32). The van der Waals surface area contributed by atoms with E-state index in [1.807, 2.05) is 30.3 Å². The lowest BCUT2D eigenvalue weighted by atomic mass is 10.1. The molecule has 0 aliphatic heterocycles. The van der Waals surface area contributed by atoms with Crippen LogP contribution in [0, 0.1) is 0 Å². The van der Waals surface area contributed by atoms with Crippen molar-refractivity contribution in [1.29, 1.82) is 0 Å². The number of hydrogen-bond acceptors (Lipinski definition) is 12. The number of nitrogens with zero attached hydrogens (tertiary/aromatic N) is 8. The van der Waals surface area contributed by atoms with E-state index in [4.69, 9.17) is 25.0 Å². The van der Waals surface area contributed by atoms with E-state index in [0.717, 1.165) is 5.56 Å². The van der Waals surface area contributed by atoms with Crippen LogP contribution in [0.4, 0.5) is 17.8 Å². The number of nitrogen functional groups attached to an aromatic ring is 2. The van der Waals surface area contributed by atoms with Gasteiger partial charge < -0.3 is 30.4 Å². The summed E-state index contributed by atoms with van der Waals surface area (Å²) < 4.78 is 19.6. The van der Waals surface area contributed by atoms with Gasteiger partial charge in [0.15, 0.2) is 22.8 Å². The fraction of sp³-hybridized carbons (Fsp3) is 0.0769. The molecular formula is C26H21N11O3. The first-order chi connectivity index (χ1) is 19.6. The van der Waals surface area contributed by atoms with Crippen molar-refractivity contribution >= 4 is 29.1 Å². The van der Waals surface area contributed by atoms with Gasteiger partial charge in [0, 0.05) is 18.7 Å². The third kappa shape index (κ3) is 4.38. The quantitative estimate of drug-likeness (QED) is 0.256. The summed E-state index contributed by atoms with van der Waals surface area (Å²) in [6, 6.07) is 18.5. The van der Waals surface area contributed by atoms with Gasteiger partial charge in [-0.05, 0) is 48.4 Å². The lowest BCUT2D eigenvalue weighted by Gasteiger charge is -2.08. The van der Waals surface area contributed by atoms with Crippen LogP contribution in [0.5, 0.6) is 11.8 Å². The van der Waals surface area contributed by atoms with E-state index in [-0.39, 0.29) is 17.9 Å². The van der Waals surface area contributed by atoms with Crippen LogP contribution in [0.3, 0.4) is 0 Å². The monoisotopic (exact) mass is 535 g/mol. The van der Waals surface area contributed by atoms with E-state index in [9.17, 15) is 0 Å². The number of ether oxygens (including phenoxy) is 1. The van der Waals surface area contributed by atoms with Crippen molar-refractivity contribution in [3.8, 4) is 34.7 Å². The zero-order valence-electron chi connectivity index (χ0n) is 20.8. The molecule has 0 aliphatic rings. The number of hydrogen-bond donors (Lipinski definition) is 3. The molecule has 0 radical (unpaired) electrons. The van der Waals surface area contributed by atoms with Gasteiger partial charge in [0.1, 0.15) is 17.1 Å². The summed E-state index contributed by atoms with van der Waals surface area (Å²) in [4.78, 5) is 17.4. The van der Waals surface area contributed by atoms with Crippen LogP contribution in [-0.2, 0) is 6.42 Å². The Kier molecular flexibility index (Phi) is 5.47. The molecule has 0 atom stereocenters. The molecule has 0 saturated carbocycles. The minimum atomic E-state index is 0.116. The fourth-order valence-electron chi connectivity index (χ4n) is 4.16. The van der Waals surface area contributed by atoms with Gasteiger partial charge in [-0.15, -0.1) is 0 Å². The smallest absolute Gasteiger partial charge is 0.327 e. The van der Waals surface area contributed by atoms with Gasteiger partial charge >= 0.3 is 6.01 Å². The molecule has 14 heteroatoms. The maximum atomic E-state index is 6.09. The average molecular weight is 536 g/mol. The second-order valence-corrected chi connectivity index (χ2v) is 8.75. The van der Waals surface area contributed by atoms with Crippen molar-refractivity contribution in [3.05, 3.63) is 78.8 Å². The van der Waals surface area contributed by atoms with Crippen molar-refractivity contribution in [2.24, 2.45) is 0 Å². The number of nitrogens with one attached hydrogen (secondary N) is 1. The zero-order chi connectivity index (χ0) is 27.1. The van der Waals surface area contributed by atoms with E-state index in [2.05, 4.69) is 35.5 Å². The van der Waals surface area contributed by atoms with E-state index in [1.165, 1.54) is 9.03 Å². The van der Waals surface area contributed by atoms with Crippen LogP contribution in [0.15, 0.2) is 82.0 Å². The van der Waals surface area contributed by atoms with Crippen molar-refractivity contribution in [1.82, 2.24) is 39.2 Å². The summed E-state index contributed by atoms with van der Waals surface area (Å²) in [5, 5.41) is 12.0. The van der Waals surface area contributed by atoms with Crippen LogP contribution in [-0.4, -0.2) is 45.7 Å².